The van der Waals surface area contributed by atoms with E-state index in [9.17, 15) is 23.1 Å². The first kappa shape index (κ1) is 16.2. The molecule has 1 amide bonds. The van der Waals surface area contributed by atoms with Gasteiger partial charge in [-0.05, 0) is 12.8 Å². The van der Waals surface area contributed by atoms with E-state index < -0.39 is 28.1 Å². The number of aliphatic hydroxyl groups excluding tert-OH is 1. The molecule has 9 heteroatoms. The zero-order valence-electron chi connectivity index (χ0n) is 11.8. The quantitative estimate of drug-likeness (QED) is 0.668. The highest BCUT2D eigenvalue weighted by molar-refractivity contribution is 7.88. The van der Waals surface area contributed by atoms with Gasteiger partial charge in [0, 0.05) is 32.0 Å². The van der Waals surface area contributed by atoms with Crippen LogP contribution in [0.4, 0.5) is 0 Å². The van der Waals surface area contributed by atoms with Gasteiger partial charge in [-0.15, -0.1) is 0 Å². The molecule has 2 rings (SSSR count). The molecule has 0 unspecified atom stereocenters. The Morgan fingerprint density at radius 2 is 1.76 bits per heavy atom. The lowest BCUT2D eigenvalue weighted by Crippen LogP contribution is -2.47. The van der Waals surface area contributed by atoms with Crippen molar-refractivity contribution in [2.75, 3.05) is 25.9 Å². The topological polar surface area (TPSA) is 115 Å². The van der Waals surface area contributed by atoms with Gasteiger partial charge < -0.3 is 15.1 Å². The second kappa shape index (κ2) is 5.90. The molecule has 120 valence electrons. The van der Waals surface area contributed by atoms with Crippen LogP contribution in [0.5, 0.6) is 0 Å². The number of amides is 1. The summed E-state index contributed by atoms with van der Waals surface area (Å²) < 4.78 is 24.2. The van der Waals surface area contributed by atoms with Crippen molar-refractivity contribution in [1.82, 2.24) is 9.21 Å². The molecule has 2 saturated heterocycles. The fourth-order valence-electron chi connectivity index (χ4n) is 2.96. The Labute approximate surface area is 123 Å². The highest BCUT2D eigenvalue weighted by Crippen LogP contribution is 2.26. The van der Waals surface area contributed by atoms with Crippen LogP contribution >= 0.6 is 0 Å². The molecule has 0 bridgehead atoms. The number of likely N-dealkylation sites (tertiary alicyclic amines) is 1. The third kappa shape index (κ3) is 3.53. The summed E-state index contributed by atoms with van der Waals surface area (Å²) in [6, 6.07) is -0.986. The molecule has 0 aliphatic carbocycles. The Morgan fingerprint density at radius 3 is 2.24 bits per heavy atom. The number of hydrogen-bond acceptors (Lipinski definition) is 5. The summed E-state index contributed by atoms with van der Waals surface area (Å²) in [5.41, 5.74) is 0. The summed E-state index contributed by atoms with van der Waals surface area (Å²) in [5.74, 6) is -1.80. The first-order valence-electron chi connectivity index (χ1n) is 6.86. The number of carboxylic acid groups (broad SMARTS) is 1. The van der Waals surface area contributed by atoms with Crippen molar-refractivity contribution in [3.05, 3.63) is 0 Å². The maximum absolute atomic E-state index is 12.4. The monoisotopic (exact) mass is 320 g/mol. The van der Waals surface area contributed by atoms with E-state index in [1.54, 1.807) is 0 Å². The number of β-amino-alcohol motifs (C(OH)–C–C–N with tert-alkyl or cyclic N) is 1. The first-order chi connectivity index (χ1) is 9.70. The summed E-state index contributed by atoms with van der Waals surface area (Å²) in [6.45, 7) is 0.564. The number of sulfonamides is 1. The number of carbonyl (C=O) groups is 2. The Bertz CT molecular complexity index is 526. The van der Waals surface area contributed by atoms with E-state index >= 15 is 0 Å². The summed E-state index contributed by atoms with van der Waals surface area (Å²) in [6.07, 6.45) is 1.12. The Balaban J connectivity index is 2.00. The molecule has 0 aromatic carbocycles. The van der Waals surface area contributed by atoms with Crippen molar-refractivity contribution in [3.8, 4) is 0 Å². The number of hydrogen-bond donors (Lipinski definition) is 2. The van der Waals surface area contributed by atoms with Gasteiger partial charge in [-0.25, -0.2) is 17.5 Å². The van der Waals surface area contributed by atoms with Crippen molar-refractivity contribution >= 4 is 21.9 Å². The van der Waals surface area contributed by atoms with Crippen LogP contribution in [0.25, 0.3) is 0 Å². The van der Waals surface area contributed by atoms with Gasteiger partial charge in [0.15, 0.2) is 0 Å². The van der Waals surface area contributed by atoms with Gasteiger partial charge in [-0.2, -0.15) is 0 Å². The van der Waals surface area contributed by atoms with E-state index in [0.717, 1.165) is 6.26 Å². The minimum Gasteiger partial charge on any atom is -0.480 e. The van der Waals surface area contributed by atoms with Gasteiger partial charge >= 0.3 is 5.97 Å². The van der Waals surface area contributed by atoms with Gasteiger partial charge in [0.1, 0.15) is 6.04 Å². The van der Waals surface area contributed by atoms with Gasteiger partial charge in [0.05, 0.1) is 12.4 Å². The van der Waals surface area contributed by atoms with Gasteiger partial charge in [-0.1, -0.05) is 0 Å². The minimum atomic E-state index is -3.25. The van der Waals surface area contributed by atoms with Crippen LogP contribution in [-0.4, -0.2) is 77.7 Å². The second-order valence-electron chi connectivity index (χ2n) is 5.67. The van der Waals surface area contributed by atoms with Crippen LogP contribution in [-0.2, 0) is 19.6 Å². The Morgan fingerprint density at radius 1 is 1.19 bits per heavy atom. The van der Waals surface area contributed by atoms with Crippen LogP contribution in [0.2, 0.25) is 0 Å². The maximum atomic E-state index is 12.4. The predicted octanol–water partition coefficient (Wildman–Crippen LogP) is -1.30. The van der Waals surface area contributed by atoms with Crippen LogP contribution in [0.1, 0.15) is 19.3 Å². The molecule has 0 saturated carbocycles. The molecule has 0 aromatic heterocycles. The summed E-state index contributed by atoms with van der Waals surface area (Å²) >= 11 is 0. The van der Waals surface area contributed by atoms with E-state index in [0.29, 0.717) is 12.8 Å². The maximum Gasteiger partial charge on any atom is 0.326 e. The minimum absolute atomic E-state index is 0.0299. The fourth-order valence-corrected chi connectivity index (χ4v) is 3.83. The van der Waals surface area contributed by atoms with E-state index in [1.807, 2.05) is 0 Å². The number of aliphatic hydroxyl groups is 1. The number of piperidine rings is 1. The van der Waals surface area contributed by atoms with E-state index in [-0.39, 0.29) is 37.9 Å². The lowest BCUT2D eigenvalue weighted by atomic mass is 9.96. The van der Waals surface area contributed by atoms with Crippen molar-refractivity contribution in [1.29, 1.82) is 0 Å². The number of carboxylic acids is 1. The average molecular weight is 320 g/mol. The third-order valence-electron chi connectivity index (χ3n) is 4.12. The highest BCUT2D eigenvalue weighted by Gasteiger charge is 2.42. The van der Waals surface area contributed by atoms with Crippen LogP contribution in [0, 0.1) is 5.92 Å². The van der Waals surface area contributed by atoms with Gasteiger partial charge in [-0.3, -0.25) is 4.79 Å². The number of carbonyl (C=O) groups excluding carboxylic acids is 1. The van der Waals surface area contributed by atoms with Crippen molar-refractivity contribution < 1.29 is 28.2 Å². The lowest BCUT2D eigenvalue weighted by Gasteiger charge is -2.32. The predicted molar refractivity (Wildman–Crippen MR) is 72.9 cm³/mol. The Kier molecular flexibility index (Phi) is 4.54. The van der Waals surface area contributed by atoms with Crippen molar-refractivity contribution in [3.63, 3.8) is 0 Å². The molecule has 21 heavy (non-hydrogen) atoms. The van der Waals surface area contributed by atoms with Crippen molar-refractivity contribution in [2.24, 2.45) is 5.92 Å². The molecular weight excluding hydrogens is 300 g/mol. The molecule has 0 spiro atoms. The largest absolute Gasteiger partial charge is 0.480 e. The molecule has 2 heterocycles. The fraction of sp³-hybridized carbons (Fsp3) is 0.833. The molecule has 2 fully saturated rings. The normalized spacial score (nSPS) is 28.8. The molecule has 2 N–H and O–H groups in total. The molecule has 2 aliphatic heterocycles. The summed E-state index contributed by atoms with van der Waals surface area (Å²) in [5, 5.41) is 18.7. The molecule has 0 aromatic rings. The average Bonchev–Trinajstić information content (AvgIpc) is 2.79. The van der Waals surface area contributed by atoms with E-state index in [4.69, 9.17) is 5.11 Å². The number of aliphatic carboxylic acids is 1. The standard InChI is InChI=1S/C12H20N2O6S/c1-21(19,20)13-4-2-8(3-5-13)11(16)14-7-9(15)6-10(14)12(17)18/h8-10,15H,2-7H2,1H3,(H,17,18)/t9-,10-/m0/s1. The first-order valence-corrected chi connectivity index (χ1v) is 8.71. The molecular formula is C12H20N2O6S. The number of nitrogens with zero attached hydrogens (tertiary/aromatic N) is 2. The van der Waals surface area contributed by atoms with Crippen LogP contribution in [0.3, 0.4) is 0 Å². The molecule has 0 radical (unpaired) electrons. The Hall–Kier alpha value is -1.19. The third-order valence-corrected chi connectivity index (χ3v) is 5.42. The number of rotatable bonds is 3. The lowest BCUT2D eigenvalue weighted by molar-refractivity contribution is -0.150. The van der Waals surface area contributed by atoms with E-state index in [1.165, 1.54) is 9.21 Å². The summed E-state index contributed by atoms with van der Waals surface area (Å²) in [4.78, 5) is 24.8. The van der Waals surface area contributed by atoms with Gasteiger partial charge in [0.25, 0.3) is 0 Å². The molecule has 8 nitrogen and oxygen atoms in total. The van der Waals surface area contributed by atoms with Gasteiger partial charge in [0.2, 0.25) is 15.9 Å². The van der Waals surface area contributed by atoms with Crippen LogP contribution < -0.4 is 0 Å². The zero-order valence-corrected chi connectivity index (χ0v) is 12.6. The second-order valence-corrected chi connectivity index (χ2v) is 7.65. The zero-order chi connectivity index (χ0) is 15.8. The summed E-state index contributed by atoms with van der Waals surface area (Å²) in [7, 11) is -3.25. The van der Waals surface area contributed by atoms with E-state index in [2.05, 4.69) is 0 Å². The molecule has 2 aliphatic rings. The smallest absolute Gasteiger partial charge is 0.326 e. The highest BCUT2D eigenvalue weighted by atomic mass is 32.2. The van der Waals surface area contributed by atoms with Crippen molar-refractivity contribution in [2.45, 2.75) is 31.4 Å². The molecule has 2 atom stereocenters. The van der Waals surface area contributed by atoms with Crippen LogP contribution in [0.15, 0.2) is 0 Å². The SMILES string of the molecule is CS(=O)(=O)N1CCC(C(=O)N2C[C@@H](O)C[C@H]2C(=O)O)CC1.